The molecule has 6 N–H and O–H groups in total. The number of primary amides is 1. The summed E-state index contributed by atoms with van der Waals surface area (Å²) in [4.78, 5) is 23.8. The average molecular weight is 313 g/mol. The minimum Gasteiger partial charge on any atom is -0.508 e. The Morgan fingerprint density at radius 2 is 1.83 bits per heavy atom. The van der Waals surface area contributed by atoms with Crippen LogP contribution in [-0.4, -0.2) is 16.9 Å². The maximum atomic E-state index is 12.3. The van der Waals surface area contributed by atoms with E-state index >= 15 is 0 Å². The molecular formula is C17H19N3O3. The molecule has 0 saturated heterocycles. The minimum absolute atomic E-state index is 0.109. The fourth-order valence-corrected chi connectivity index (χ4v) is 2.28. The molecule has 6 heteroatoms. The molecule has 0 aliphatic carbocycles. The summed E-state index contributed by atoms with van der Waals surface area (Å²) in [5.41, 5.74) is 12.6. The van der Waals surface area contributed by atoms with Crippen molar-refractivity contribution >= 4 is 23.2 Å². The number of carbonyl (C=O) groups excluding carboxylic acids is 2. The third kappa shape index (κ3) is 4.00. The lowest BCUT2D eigenvalue weighted by molar-refractivity contribution is -0.119. The lowest BCUT2D eigenvalue weighted by atomic mass is 10.00. The molecule has 0 bridgehead atoms. The Morgan fingerprint density at radius 3 is 2.43 bits per heavy atom. The first kappa shape index (κ1) is 16.4. The van der Waals surface area contributed by atoms with E-state index in [1.807, 2.05) is 0 Å². The number of anilines is 2. The zero-order valence-electron chi connectivity index (χ0n) is 12.7. The van der Waals surface area contributed by atoms with Crippen molar-refractivity contribution in [3.8, 4) is 5.75 Å². The SMILES string of the molecule is CC(Cc1ccc(O)cc1)C(=O)Nc1cccc(N)c1C(N)=O. The minimum atomic E-state index is -0.690. The van der Waals surface area contributed by atoms with Crippen LogP contribution < -0.4 is 16.8 Å². The number of benzene rings is 2. The lowest BCUT2D eigenvalue weighted by Gasteiger charge is -2.15. The zero-order chi connectivity index (χ0) is 17.0. The highest BCUT2D eigenvalue weighted by molar-refractivity contribution is 6.07. The van der Waals surface area contributed by atoms with Crippen LogP contribution in [0.2, 0.25) is 0 Å². The average Bonchev–Trinajstić information content (AvgIpc) is 2.49. The van der Waals surface area contributed by atoms with Crippen LogP contribution in [0.5, 0.6) is 5.75 Å². The largest absolute Gasteiger partial charge is 0.508 e. The standard InChI is InChI=1S/C17H19N3O3/c1-10(9-11-5-7-12(21)8-6-11)17(23)20-14-4-2-3-13(18)15(14)16(19)22/h2-8,10,21H,9,18H2,1H3,(H2,19,22)(H,20,23). The number of nitrogen functional groups attached to an aromatic ring is 1. The predicted molar refractivity (Wildman–Crippen MR) is 89.0 cm³/mol. The molecule has 120 valence electrons. The fourth-order valence-electron chi connectivity index (χ4n) is 2.28. The van der Waals surface area contributed by atoms with Gasteiger partial charge < -0.3 is 21.9 Å². The topological polar surface area (TPSA) is 118 Å². The second-order valence-corrected chi connectivity index (χ2v) is 5.39. The zero-order valence-corrected chi connectivity index (χ0v) is 12.7. The van der Waals surface area contributed by atoms with E-state index in [-0.39, 0.29) is 28.8 Å². The maximum absolute atomic E-state index is 12.3. The first-order valence-electron chi connectivity index (χ1n) is 7.15. The molecule has 0 heterocycles. The maximum Gasteiger partial charge on any atom is 0.252 e. The molecule has 2 aromatic rings. The lowest BCUT2D eigenvalue weighted by Crippen LogP contribution is -2.25. The normalized spacial score (nSPS) is 11.7. The number of nitrogens with two attached hydrogens (primary N) is 2. The summed E-state index contributed by atoms with van der Waals surface area (Å²) in [7, 11) is 0. The molecule has 0 radical (unpaired) electrons. The van der Waals surface area contributed by atoms with Gasteiger partial charge >= 0.3 is 0 Å². The Morgan fingerprint density at radius 1 is 1.17 bits per heavy atom. The van der Waals surface area contributed by atoms with Gasteiger partial charge in [-0.1, -0.05) is 25.1 Å². The van der Waals surface area contributed by atoms with Crippen molar-refractivity contribution in [2.45, 2.75) is 13.3 Å². The van der Waals surface area contributed by atoms with Crippen LogP contribution in [0.15, 0.2) is 42.5 Å². The Bertz CT molecular complexity index is 726. The third-order valence-corrected chi connectivity index (χ3v) is 3.53. The number of nitrogens with one attached hydrogen (secondary N) is 1. The van der Waals surface area contributed by atoms with Crippen LogP contribution in [0.1, 0.15) is 22.8 Å². The van der Waals surface area contributed by atoms with Gasteiger partial charge in [-0.05, 0) is 36.2 Å². The number of aromatic hydroxyl groups is 1. The Balaban J connectivity index is 2.11. The van der Waals surface area contributed by atoms with Crippen molar-refractivity contribution in [2.24, 2.45) is 11.7 Å². The summed E-state index contributed by atoms with van der Waals surface area (Å²) < 4.78 is 0. The first-order valence-corrected chi connectivity index (χ1v) is 7.15. The van der Waals surface area contributed by atoms with Crippen LogP contribution in [0.4, 0.5) is 11.4 Å². The number of phenols is 1. The van der Waals surface area contributed by atoms with Crippen LogP contribution in [0.3, 0.4) is 0 Å². The van der Waals surface area contributed by atoms with E-state index in [1.54, 1.807) is 49.4 Å². The van der Waals surface area contributed by atoms with Crippen molar-refractivity contribution in [1.29, 1.82) is 0 Å². The molecule has 2 rings (SSSR count). The number of amides is 2. The van der Waals surface area contributed by atoms with E-state index in [0.717, 1.165) is 5.56 Å². The molecule has 1 atom stereocenters. The van der Waals surface area contributed by atoms with Gasteiger partial charge in [0.15, 0.2) is 0 Å². The van der Waals surface area contributed by atoms with Gasteiger partial charge in [-0.25, -0.2) is 0 Å². The first-order chi connectivity index (χ1) is 10.9. The highest BCUT2D eigenvalue weighted by atomic mass is 16.3. The number of hydrogen-bond donors (Lipinski definition) is 4. The molecule has 0 aliphatic heterocycles. The summed E-state index contributed by atoms with van der Waals surface area (Å²) in [6.45, 7) is 1.78. The van der Waals surface area contributed by atoms with Crippen LogP contribution in [0, 0.1) is 5.92 Å². The van der Waals surface area contributed by atoms with Crippen molar-refractivity contribution in [2.75, 3.05) is 11.1 Å². The summed E-state index contributed by atoms with van der Waals surface area (Å²) in [6.07, 6.45) is 0.500. The quantitative estimate of drug-likeness (QED) is 0.630. The predicted octanol–water partition coefficient (Wildman–Crippen LogP) is 1.89. The molecule has 1 unspecified atom stereocenters. The monoisotopic (exact) mass is 313 g/mol. The highest BCUT2D eigenvalue weighted by Crippen LogP contribution is 2.22. The number of hydrogen-bond acceptors (Lipinski definition) is 4. The number of carbonyl (C=O) groups is 2. The van der Waals surface area contributed by atoms with E-state index in [2.05, 4.69) is 5.32 Å². The second-order valence-electron chi connectivity index (χ2n) is 5.39. The van der Waals surface area contributed by atoms with Crippen molar-refractivity contribution in [1.82, 2.24) is 0 Å². The number of phenolic OH excluding ortho intramolecular Hbond substituents is 1. The van der Waals surface area contributed by atoms with E-state index in [9.17, 15) is 14.7 Å². The van der Waals surface area contributed by atoms with E-state index in [1.165, 1.54) is 0 Å². The smallest absolute Gasteiger partial charge is 0.252 e. The van der Waals surface area contributed by atoms with Gasteiger partial charge in [0.25, 0.3) is 5.91 Å². The molecule has 6 nitrogen and oxygen atoms in total. The van der Waals surface area contributed by atoms with Crippen LogP contribution >= 0.6 is 0 Å². The molecule has 23 heavy (non-hydrogen) atoms. The van der Waals surface area contributed by atoms with E-state index < -0.39 is 5.91 Å². The molecule has 0 aliphatic rings. The molecule has 2 aromatic carbocycles. The number of rotatable bonds is 5. The fraction of sp³-hybridized carbons (Fsp3) is 0.176. The molecule has 2 amide bonds. The molecule has 0 aromatic heterocycles. The van der Waals surface area contributed by atoms with Crippen molar-refractivity contribution in [3.63, 3.8) is 0 Å². The summed E-state index contributed by atoms with van der Waals surface area (Å²) in [5.74, 6) is -1.09. The second kappa shape index (κ2) is 6.83. The van der Waals surface area contributed by atoms with Gasteiger partial charge in [0.1, 0.15) is 5.75 Å². The van der Waals surface area contributed by atoms with Crippen molar-refractivity contribution < 1.29 is 14.7 Å². The molecule has 0 saturated carbocycles. The van der Waals surface area contributed by atoms with Crippen LogP contribution in [0.25, 0.3) is 0 Å². The van der Waals surface area contributed by atoms with Gasteiger partial charge in [0.2, 0.25) is 5.91 Å². The molecule has 0 fully saturated rings. The summed E-state index contributed by atoms with van der Waals surface area (Å²) in [6, 6.07) is 11.4. The van der Waals surface area contributed by atoms with Gasteiger partial charge in [-0.3, -0.25) is 9.59 Å². The Kier molecular flexibility index (Phi) is 4.85. The summed E-state index contributed by atoms with van der Waals surface area (Å²) >= 11 is 0. The summed E-state index contributed by atoms with van der Waals surface area (Å²) in [5, 5.41) is 12.0. The highest BCUT2D eigenvalue weighted by Gasteiger charge is 2.18. The third-order valence-electron chi connectivity index (χ3n) is 3.53. The molecular weight excluding hydrogens is 294 g/mol. The van der Waals surface area contributed by atoms with Gasteiger partial charge in [-0.2, -0.15) is 0 Å². The van der Waals surface area contributed by atoms with Gasteiger partial charge in [0, 0.05) is 11.6 Å². The Hall–Kier alpha value is -3.02. The van der Waals surface area contributed by atoms with Crippen LogP contribution in [-0.2, 0) is 11.2 Å². The van der Waals surface area contributed by atoms with E-state index in [4.69, 9.17) is 11.5 Å². The van der Waals surface area contributed by atoms with Gasteiger partial charge in [-0.15, -0.1) is 0 Å². The van der Waals surface area contributed by atoms with E-state index in [0.29, 0.717) is 12.1 Å². The Labute approximate surface area is 134 Å². The van der Waals surface area contributed by atoms with Gasteiger partial charge in [0.05, 0.1) is 11.3 Å². The van der Waals surface area contributed by atoms with Crippen molar-refractivity contribution in [3.05, 3.63) is 53.6 Å². The molecule has 0 spiro atoms.